The maximum Gasteiger partial charge on any atom is 0.199 e. The van der Waals surface area contributed by atoms with E-state index < -0.39 is 0 Å². The van der Waals surface area contributed by atoms with Crippen molar-refractivity contribution in [3.8, 4) is 0 Å². The third kappa shape index (κ3) is 2.19. The first kappa shape index (κ1) is 10.4. The Morgan fingerprint density at radius 2 is 2.47 bits per heavy atom. The van der Waals surface area contributed by atoms with Gasteiger partial charge in [-0.3, -0.25) is 4.98 Å². The maximum absolute atomic E-state index is 5.34. The standard InChI is InChI=1S/C10H14N6O/c1(8-2-4-17-7-8)3-12-9-5-11-6-10-13-14-15-16(9)10/h5-6,8,12H,1-4,7H2. The maximum atomic E-state index is 5.34. The minimum absolute atomic E-state index is 0.652. The van der Waals surface area contributed by atoms with E-state index in [1.54, 1.807) is 16.9 Å². The first-order valence-electron chi connectivity index (χ1n) is 5.77. The Bertz CT molecular complexity index is 492. The van der Waals surface area contributed by atoms with Crippen LogP contribution in [0.15, 0.2) is 12.4 Å². The van der Waals surface area contributed by atoms with Gasteiger partial charge in [0.1, 0.15) is 5.82 Å². The third-order valence-electron chi connectivity index (χ3n) is 2.99. The minimum atomic E-state index is 0.652. The lowest BCUT2D eigenvalue weighted by molar-refractivity contribution is 0.185. The Labute approximate surface area is 98.2 Å². The molecule has 1 aliphatic heterocycles. The van der Waals surface area contributed by atoms with Crippen LogP contribution in [0.2, 0.25) is 0 Å². The number of anilines is 1. The van der Waals surface area contributed by atoms with Crippen molar-refractivity contribution in [2.45, 2.75) is 12.8 Å². The second kappa shape index (κ2) is 4.62. The molecule has 3 rings (SSSR count). The number of aromatic nitrogens is 5. The fourth-order valence-corrected chi connectivity index (χ4v) is 2.01. The number of hydrogen-bond donors (Lipinski definition) is 1. The topological polar surface area (TPSA) is 77.2 Å². The Kier molecular flexibility index (Phi) is 2.83. The van der Waals surface area contributed by atoms with Gasteiger partial charge in [0.2, 0.25) is 0 Å². The van der Waals surface area contributed by atoms with Crippen LogP contribution in [0.25, 0.3) is 5.65 Å². The molecule has 0 bridgehead atoms. The summed E-state index contributed by atoms with van der Waals surface area (Å²) in [6, 6.07) is 0. The van der Waals surface area contributed by atoms with Crippen LogP contribution in [0.3, 0.4) is 0 Å². The van der Waals surface area contributed by atoms with Gasteiger partial charge in [0, 0.05) is 19.8 Å². The van der Waals surface area contributed by atoms with E-state index in [9.17, 15) is 0 Å². The van der Waals surface area contributed by atoms with Gasteiger partial charge < -0.3 is 10.1 Å². The third-order valence-corrected chi connectivity index (χ3v) is 2.99. The van der Waals surface area contributed by atoms with E-state index in [0.29, 0.717) is 11.6 Å². The molecule has 1 fully saturated rings. The number of rotatable bonds is 4. The minimum Gasteiger partial charge on any atom is -0.381 e. The molecule has 1 atom stereocenters. The first-order valence-corrected chi connectivity index (χ1v) is 5.77. The predicted octanol–water partition coefficient (Wildman–Crippen LogP) is 0.358. The molecule has 1 saturated heterocycles. The van der Waals surface area contributed by atoms with Gasteiger partial charge in [0.25, 0.3) is 0 Å². The van der Waals surface area contributed by atoms with Crippen LogP contribution in [0, 0.1) is 5.92 Å². The van der Waals surface area contributed by atoms with Gasteiger partial charge in [-0.25, -0.2) is 0 Å². The van der Waals surface area contributed by atoms with Crippen LogP contribution >= 0.6 is 0 Å². The molecule has 1 N–H and O–H groups in total. The summed E-state index contributed by atoms with van der Waals surface area (Å²) in [5.74, 6) is 1.50. The Morgan fingerprint density at radius 1 is 1.47 bits per heavy atom. The van der Waals surface area contributed by atoms with E-state index in [0.717, 1.165) is 38.4 Å². The number of fused-ring (bicyclic) bond motifs is 1. The van der Waals surface area contributed by atoms with Crippen molar-refractivity contribution in [1.82, 2.24) is 25.0 Å². The highest BCUT2D eigenvalue weighted by molar-refractivity contribution is 5.43. The molecule has 0 aliphatic carbocycles. The van der Waals surface area contributed by atoms with Crippen molar-refractivity contribution in [1.29, 1.82) is 0 Å². The molecule has 0 amide bonds. The second-order valence-corrected chi connectivity index (χ2v) is 4.19. The largest absolute Gasteiger partial charge is 0.381 e. The summed E-state index contributed by atoms with van der Waals surface area (Å²) in [5, 5.41) is 14.7. The first-order chi connectivity index (χ1) is 8.43. The molecular formula is C10H14N6O. The van der Waals surface area contributed by atoms with Crippen molar-refractivity contribution in [2.24, 2.45) is 5.92 Å². The van der Waals surface area contributed by atoms with E-state index in [1.165, 1.54) is 0 Å². The molecule has 2 aromatic heterocycles. The van der Waals surface area contributed by atoms with Gasteiger partial charge in [-0.2, -0.15) is 4.52 Å². The molecular weight excluding hydrogens is 220 g/mol. The van der Waals surface area contributed by atoms with Crippen molar-refractivity contribution in [3.05, 3.63) is 12.4 Å². The predicted molar refractivity (Wildman–Crippen MR) is 60.6 cm³/mol. The lowest BCUT2D eigenvalue weighted by atomic mass is 10.1. The quantitative estimate of drug-likeness (QED) is 0.823. The van der Waals surface area contributed by atoms with Crippen LogP contribution < -0.4 is 5.32 Å². The van der Waals surface area contributed by atoms with Crippen LogP contribution in [0.1, 0.15) is 12.8 Å². The summed E-state index contributed by atoms with van der Waals surface area (Å²) in [6.07, 6.45) is 5.62. The molecule has 2 aromatic rings. The molecule has 0 aromatic carbocycles. The van der Waals surface area contributed by atoms with Crippen LogP contribution in [-0.4, -0.2) is 44.8 Å². The molecule has 90 valence electrons. The van der Waals surface area contributed by atoms with Crippen LogP contribution in [-0.2, 0) is 4.74 Å². The van der Waals surface area contributed by atoms with Gasteiger partial charge in [-0.1, -0.05) is 0 Å². The number of nitrogens with zero attached hydrogens (tertiary/aromatic N) is 5. The molecule has 0 spiro atoms. The fraction of sp³-hybridized carbons (Fsp3) is 0.600. The molecule has 0 saturated carbocycles. The molecule has 7 nitrogen and oxygen atoms in total. The molecule has 3 heterocycles. The summed E-state index contributed by atoms with van der Waals surface area (Å²) < 4.78 is 6.99. The van der Waals surface area contributed by atoms with E-state index in [1.807, 2.05) is 0 Å². The van der Waals surface area contributed by atoms with Crippen molar-refractivity contribution in [2.75, 3.05) is 25.1 Å². The van der Waals surface area contributed by atoms with Gasteiger partial charge in [-0.15, -0.1) is 5.10 Å². The van der Waals surface area contributed by atoms with E-state index in [2.05, 4.69) is 25.8 Å². The smallest absolute Gasteiger partial charge is 0.199 e. The lowest BCUT2D eigenvalue weighted by Crippen LogP contribution is -2.11. The fourth-order valence-electron chi connectivity index (χ4n) is 2.01. The highest BCUT2D eigenvalue weighted by Gasteiger charge is 2.15. The van der Waals surface area contributed by atoms with E-state index in [-0.39, 0.29) is 0 Å². The monoisotopic (exact) mass is 234 g/mol. The Balaban J connectivity index is 1.62. The summed E-state index contributed by atoms with van der Waals surface area (Å²) in [7, 11) is 0. The number of nitrogens with one attached hydrogen (secondary N) is 1. The SMILES string of the molecule is c1ncc2nnnn2c1NCCC1CCOC1. The van der Waals surface area contributed by atoms with Gasteiger partial charge >= 0.3 is 0 Å². The summed E-state index contributed by atoms with van der Waals surface area (Å²) >= 11 is 0. The second-order valence-electron chi connectivity index (χ2n) is 4.19. The van der Waals surface area contributed by atoms with Gasteiger partial charge in [-0.05, 0) is 29.2 Å². The number of ether oxygens (including phenoxy) is 1. The van der Waals surface area contributed by atoms with Gasteiger partial charge in [0.15, 0.2) is 5.65 Å². The van der Waals surface area contributed by atoms with Crippen molar-refractivity contribution in [3.63, 3.8) is 0 Å². The van der Waals surface area contributed by atoms with Gasteiger partial charge in [0.05, 0.1) is 12.4 Å². The average molecular weight is 234 g/mol. The Hall–Kier alpha value is -1.76. The highest BCUT2D eigenvalue weighted by atomic mass is 16.5. The molecule has 1 unspecified atom stereocenters. The summed E-state index contributed by atoms with van der Waals surface area (Å²) in [5.41, 5.74) is 0.652. The molecule has 17 heavy (non-hydrogen) atoms. The highest BCUT2D eigenvalue weighted by Crippen LogP contribution is 2.16. The van der Waals surface area contributed by atoms with Crippen LogP contribution in [0.4, 0.5) is 5.82 Å². The zero-order valence-corrected chi connectivity index (χ0v) is 9.41. The van der Waals surface area contributed by atoms with Crippen molar-refractivity contribution < 1.29 is 4.74 Å². The van der Waals surface area contributed by atoms with E-state index in [4.69, 9.17) is 4.74 Å². The average Bonchev–Trinajstić information content (AvgIpc) is 2.99. The normalized spacial score (nSPS) is 19.9. The molecule has 0 radical (unpaired) electrons. The van der Waals surface area contributed by atoms with Crippen molar-refractivity contribution >= 4 is 11.5 Å². The number of hydrogen-bond acceptors (Lipinski definition) is 6. The summed E-state index contributed by atoms with van der Waals surface area (Å²) in [6.45, 7) is 2.67. The van der Waals surface area contributed by atoms with Crippen LogP contribution in [0.5, 0.6) is 0 Å². The zero-order chi connectivity index (χ0) is 11.5. The zero-order valence-electron chi connectivity index (χ0n) is 9.41. The van der Waals surface area contributed by atoms with E-state index >= 15 is 0 Å². The molecule has 7 heteroatoms. The lowest BCUT2D eigenvalue weighted by Gasteiger charge is -2.09. The summed E-state index contributed by atoms with van der Waals surface area (Å²) in [4.78, 5) is 4.08. The molecule has 1 aliphatic rings. The Morgan fingerprint density at radius 3 is 3.35 bits per heavy atom. The number of tetrazole rings is 1.